The van der Waals surface area contributed by atoms with Crippen molar-refractivity contribution >= 4 is 11.9 Å². The summed E-state index contributed by atoms with van der Waals surface area (Å²) in [5.41, 5.74) is 1.85. The van der Waals surface area contributed by atoms with Gasteiger partial charge in [0.2, 0.25) is 0 Å². The first-order valence-electron chi connectivity index (χ1n) is 6.63. The lowest BCUT2D eigenvalue weighted by Gasteiger charge is -2.07. The van der Waals surface area contributed by atoms with Gasteiger partial charge in [-0.05, 0) is 30.7 Å². The van der Waals surface area contributed by atoms with Crippen LogP contribution >= 0.6 is 0 Å². The Balaban J connectivity index is 1.76. The van der Waals surface area contributed by atoms with Crippen molar-refractivity contribution in [2.45, 2.75) is 6.92 Å². The van der Waals surface area contributed by atoms with Crippen LogP contribution in [0.1, 0.15) is 26.3 Å². The Morgan fingerprint density at radius 1 is 0.810 bits per heavy atom. The zero-order valence-electron chi connectivity index (χ0n) is 11.7. The van der Waals surface area contributed by atoms with Crippen molar-refractivity contribution in [2.24, 2.45) is 0 Å². The minimum absolute atomic E-state index is 0.0331. The topological polar surface area (TPSA) is 52.6 Å². The third-order valence-corrected chi connectivity index (χ3v) is 2.92. The van der Waals surface area contributed by atoms with Gasteiger partial charge < -0.3 is 9.47 Å². The number of aryl methyl sites for hydroxylation is 1. The van der Waals surface area contributed by atoms with Crippen molar-refractivity contribution in [1.82, 2.24) is 0 Å². The third-order valence-electron chi connectivity index (χ3n) is 2.92. The van der Waals surface area contributed by atoms with E-state index in [4.69, 9.17) is 9.47 Å². The average Bonchev–Trinajstić information content (AvgIpc) is 2.52. The number of hydrogen-bond acceptors (Lipinski definition) is 4. The highest BCUT2D eigenvalue weighted by Gasteiger charge is 2.10. The van der Waals surface area contributed by atoms with Crippen molar-refractivity contribution in [3.63, 3.8) is 0 Å². The summed E-state index contributed by atoms with van der Waals surface area (Å²) in [6, 6.07) is 15.8. The predicted octanol–water partition coefficient (Wildman–Crippen LogP) is 3.01. The number of hydrogen-bond donors (Lipinski definition) is 0. The van der Waals surface area contributed by atoms with Crippen molar-refractivity contribution in [1.29, 1.82) is 0 Å². The molecular formula is C17H16O4. The number of benzene rings is 2. The quantitative estimate of drug-likeness (QED) is 0.625. The van der Waals surface area contributed by atoms with Crippen LogP contribution in [0.2, 0.25) is 0 Å². The maximum Gasteiger partial charge on any atom is 0.338 e. The largest absolute Gasteiger partial charge is 0.458 e. The van der Waals surface area contributed by atoms with Gasteiger partial charge in [-0.2, -0.15) is 0 Å². The van der Waals surface area contributed by atoms with Crippen LogP contribution in [0, 0.1) is 6.92 Å². The van der Waals surface area contributed by atoms with Crippen molar-refractivity contribution in [3.8, 4) is 0 Å². The number of rotatable bonds is 5. The maximum absolute atomic E-state index is 11.8. The van der Waals surface area contributed by atoms with Gasteiger partial charge in [-0.15, -0.1) is 0 Å². The molecule has 0 aromatic heterocycles. The Labute approximate surface area is 123 Å². The molecule has 0 saturated carbocycles. The highest BCUT2D eigenvalue weighted by Crippen LogP contribution is 2.08. The molecule has 4 heteroatoms. The molecule has 0 bridgehead atoms. The second-order valence-corrected chi connectivity index (χ2v) is 4.45. The monoisotopic (exact) mass is 284 g/mol. The molecule has 2 aromatic rings. The van der Waals surface area contributed by atoms with Crippen LogP contribution in [-0.4, -0.2) is 25.2 Å². The zero-order valence-corrected chi connectivity index (χ0v) is 11.7. The first-order valence-corrected chi connectivity index (χ1v) is 6.63. The van der Waals surface area contributed by atoms with Crippen molar-refractivity contribution < 1.29 is 19.1 Å². The van der Waals surface area contributed by atoms with E-state index < -0.39 is 11.9 Å². The molecule has 2 rings (SSSR count). The minimum atomic E-state index is -0.428. The standard InChI is InChI=1S/C17H16O4/c1-13-7-5-6-10-15(13)17(19)21-12-11-20-16(18)14-8-3-2-4-9-14/h2-10H,11-12H2,1H3. The van der Waals surface area contributed by atoms with Crippen LogP contribution in [0.4, 0.5) is 0 Å². The summed E-state index contributed by atoms with van der Waals surface area (Å²) in [4.78, 5) is 23.5. The van der Waals surface area contributed by atoms with E-state index in [9.17, 15) is 9.59 Å². The summed E-state index contributed by atoms with van der Waals surface area (Å²) in [5.74, 6) is -0.841. The Hall–Kier alpha value is -2.62. The first-order chi connectivity index (χ1) is 10.2. The normalized spacial score (nSPS) is 9.95. The number of carbonyl (C=O) groups is 2. The minimum Gasteiger partial charge on any atom is -0.458 e. The molecule has 0 aliphatic rings. The van der Waals surface area contributed by atoms with E-state index in [0.717, 1.165) is 5.56 Å². The highest BCUT2D eigenvalue weighted by atomic mass is 16.6. The van der Waals surface area contributed by atoms with Gasteiger partial charge in [-0.3, -0.25) is 0 Å². The van der Waals surface area contributed by atoms with Gasteiger partial charge in [0.25, 0.3) is 0 Å². The predicted molar refractivity (Wildman–Crippen MR) is 78.2 cm³/mol. The zero-order chi connectivity index (χ0) is 15.1. The van der Waals surface area contributed by atoms with Crippen LogP contribution in [0.15, 0.2) is 54.6 Å². The Morgan fingerprint density at radius 3 is 2.05 bits per heavy atom. The molecule has 0 fully saturated rings. The van der Waals surface area contributed by atoms with Gasteiger partial charge in [0.15, 0.2) is 0 Å². The SMILES string of the molecule is Cc1ccccc1C(=O)OCCOC(=O)c1ccccc1. The molecule has 21 heavy (non-hydrogen) atoms. The summed E-state index contributed by atoms with van der Waals surface area (Å²) in [6.07, 6.45) is 0. The Kier molecular flexibility index (Phi) is 5.10. The van der Waals surface area contributed by atoms with E-state index in [2.05, 4.69) is 0 Å². The highest BCUT2D eigenvalue weighted by molar-refractivity contribution is 5.91. The van der Waals surface area contributed by atoms with E-state index in [1.54, 1.807) is 36.4 Å². The summed E-state index contributed by atoms with van der Waals surface area (Å²) in [5, 5.41) is 0. The van der Waals surface area contributed by atoms with Gasteiger partial charge >= 0.3 is 11.9 Å². The van der Waals surface area contributed by atoms with Crippen molar-refractivity contribution in [3.05, 3.63) is 71.3 Å². The van der Waals surface area contributed by atoms with E-state index >= 15 is 0 Å². The Morgan fingerprint density at radius 2 is 1.38 bits per heavy atom. The van der Waals surface area contributed by atoms with E-state index in [1.165, 1.54) is 0 Å². The van der Waals surface area contributed by atoms with E-state index in [-0.39, 0.29) is 13.2 Å². The van der Waals surface area contributed by atoms with Crippen LogP contribution in [0.3, 0.4) is 0 Å². The molecule has 0 unspecified atom stereocenters. The van der Waals surface area contributed by atoms with Crippen LogP contribution in [0.5, 0.6) is 0 Å². The molecule has 0 amide bonds. The lowest BCUT2D eigenvalue weighted by atomic mass is 10.1. The fourth-order valence-electron chi connectivity index (χ4n) is 1.81. The van der Waals surface area contributed by atoms with Gasteiger partial charge in [0, 0.05) is 0 Å². The third kappa shape index (κ3) is 4.18. The maximum atomic E-state index is 11.8. The van der Waals surface area contributed by atoms with E-state index in [1.807, 2.05) is 25.1 Å². The molecule has 0 saturated heterocycles. The molecule has 108 valence electrons. The lowest BCUT2D eigenvalue weighted by molar-refractivity contribution is 0.0265. The van der Waals surface area contributed by atoms with Crippen LogP contribution in [0.25, 0.3) is 0 Å². The van der Waals surface area contributed by atoms with Gasteiger partial charge in [-0.1, -0.05) is 36.4 Å². The van der Waals surface area contributed by atoms with Crippen LogP contribution < -0.4 is 0 Å². The smallest absolute Gasteiger partial charge is 0.338 e. The van der Waals surface area contributed by atoms with Gasteiger partial charge in [-0.25, -0.2) is 9.59 Å². The fraction of sp³-hybridized carbons (Fsp3) is 0.176. The number of ether oxygens (including phenoxy) is 2. The summed E-state index contributed by atoms with van der Waals surface area (Å²) >= 11 is 0. The van der Waals surface area contributed by atoms with Gasteiger partial charge in [0.05, 0.1) is 11.1 Å². The molecular weight excluding hydrogens is 268 g/mol. The molecule has 0 atom stereocenters. The Bertz CT molecular complexity index is 620. The van der Waals surface area contributed by atoms with E-state index in [0.29, 0.717) is 11.1 Å². The first kappa shape index (κ1) is 14.8. The molecule has 0 aliphatic heterocycles. The lowest BCUT2D eigenvalue weighted by Crippen LogP contribution is -2.14. The summed E-state index contributed by atoms with van der Waals surface area (Å²) < 4.78 is 10.1. The fourth-order valence-corrected chi connectivity index (χ4v) is 1.81. The molecule has 2 aromatic carbocycles. The second-order valence-electron chi connectivity index (χ2n) is 4.45. The molecule has 0 spiro atoms. The number of esters is 2. The summed E-state index contributed by atoms with van der Waals surface area (Å²) in [7, 11) is 0. The van der Waals surface area contributed by atoms with Crippen LogP contribution in [-0.2, 0) is 9.47 Å². The second kappa shape index (κ2) is 7.24. The molecule has 0 N–H and O–H groups in total. The molecule has 0 heterocycles. The number of carbonyl (C=O) groups excluding carboxylic acids is 2. The summed E-state index contributed by atoms with van der Waals surface area (Å²) in [6.45, 7) is 1.91. The molecule has 0 radical (unpaired) electrons. The molecule has 0 aliphatic carbocycles. The molecule has 4 nitrogen and oxygen atoms in total. The van der Waals surface area contributed by atoms with Crippen molar-refractivity contribution in [2.75, 3.05) is 13.2 Å². The average molecular weight is 284 g/mol. The van der Waals surface area contributed by atoms with Gasteiger partial charge in [0.1, 0.15) is 13.2 Å².